The lowest BCUT2D eigenvalue weighted by atomic mass is 9.90. The maximum atomic E-state index is 8.70. The highest BCUT2D eigenvalue weighted by Gasteiger charge is 2.11. The van der Waals surface area contributed by atoms with Gasteiger partial charge in [0.15, 0.2) is 5.13 Å². The van der Waals surface area contributed by atoms with Crippen LogP contribution < -0.4 is 5.32 Å². The predicted octanol–water partition coefficient (Wildman–Crippen LogP) is 4.03. The highest BCUT2D eigenvalue weighted by atomic mass is 32.1. The Morgan fingerprint density at radius 2 is 1.95 bits per heavy atom. The molecule has 1 aromatic carbocycles. The third-order valence-electron chi connectivity index (χ3n) is 3.73. The Balaban J connectivity index is 1.81. The molecule has 1 heterocycles. The average Bonchev–Trinajstić information content (AvgIpc) is 3.04. The Morgan fingerprint density at radius 3 is 2.73 bits per heavy atom. The normalized spacial score (nSPS) is 12.6. The van der Waals surface area contributed by atoms with Gasteiger partial charge in [0.1, 0.15) is 17.7 Å². The predicted molar refractivity (Wildman–Crippen MR) is 87.1 cm³/mol. The zero-order chi connectivity index (χ0) is 15.4. The first kappa shape index (κ1) is 14.3. The molecule has 0 bridgehead atoms. The van der Waals surface area contributed by atoms with E-state index in [1.54, 1.807) is 0 Å². The van der Waals surface area contributed by atoms with E-state index in [1.165, 1.54) is 47.9 Å². The Labute approximate surface area is 133 Å². The molecule has 0 amide bonds. The second-order valence-corrected chi connectivity index (χ2v) is 6.01. The smallest absolute Gasteiger partial charge is 0.187 e. The van der Waals surface area contributed by atoms with E-state index in [0.29, 0.717) is 5.13 Å². The van der Waals surface area contributed by atoms with Crippen LogP contribution in [0.15, 0.2) is 35.4 Å². The van der Waals surface area contributed by atoms with Crippen LogP contribution in [-0.4, -0.2) is 4.98 Å². The monoisotopic (exact) mass is 306 g/mol. The molecule has 1 aliphatic rings. The Morgan fingerprint density at radius 1 is 1.18 bits per heavy atom. The minimum absolute atomic E-state index is 0.0329. The van der Waals surface area contributed by atoms with Crippen molar-refractivity contribution in [2.75, 3.05) is 5.32 Å². The summed E-state index contributed by atoms with van der Waals surface area (Å²) in [6.07, 6.45) is 6.25. The fraction of sp³-hybridized carbons (Fsp3) is 0.235. The number of nitrogens with zero attached hydrogens (tertiary/aromatic N) is 3. The van der Waals surface area contributed by atoms with Crippen molar-refractivity contribution in [1.82, 2.24) is 4.98 Å². The summed E-state index contributed by atoms with van der Waals surface area (Å²) >= 11 is 1.46. The quantitative estimate of drug-likeness (QED) is 0.869. The molecule has 1 N–H and O–H groups in total. The molecule has 4 nitrogen and oxygen atoms in total. The fourth-order valence-electron chi connectivity index (χ4n) is 2.59. The zero-order valence-electron chi connectivity index (χ0n) is 12.0. The molecule has 5 heteroatoms. The number of rotatable bonds is 3. The summed E-state index contributed by atoms with van der Waals surface area (Å²) in [4.78, 5) is 4.51. The molecule has 0 spiro atoms. The number of nitriles is 2. The summed E-state index contributed by atoms with van der Waals surface area (Å²) in [6.45, 7) is 0. The van der Waals surface area contributed by atoms with E-state index in [2.05, 4.69) is 28.5 Å². The summed E-state index contributed by atoms with van der Waals surface area (Å²) in [5, 5.41) is 23.0. The van der Waals surface area contributed by atoms with Crippen LogP contribution in [0.1, 0.15) is 24.0 Å². The number of anilines is 1. The van der Waals surface area contributed by atoms with Gasteiger partial charge in [-0.1, -0.05) is 12.1 Å². The van der Waals surface area contributed by atoms with E-state index in [0.717, 1.165) is 17.7 Å². The topological polar surface area (TPSA) is 72.5 Å². The maximum Gasteiger partial charge on any atom is 0.187 e. The van der Waals surface area contributed by atoms with Crippen LogP contribution in [0.4, 0.5) is 5.13 Å². The summed E-state index contributed by atoms with van der Waals surface area (Å²) in [5.74, 6) is 0. The van der Waals surface area contributed by atoms with Crippen LogP contribution >= 0.6 is 11.3 Å². The molecular weight excluding hydrogens is 292 g/mol. The van der Waals surface area contributed by atoms with Crippen LogP contribution in [0.25, 0.3) is 11.3 Å². The molecule has 0 radical (unpaired) electrons. The molecule has 2 aromatic rings. The first-order chi connectivity index (χ1) is 10.8. The van der Waals surface area contributed by atoms with E-state index >= 15 is 0 Å². The van der Waals surface area contributed by atoms with Crippen molar-refractivity contribution in [3.63, 3.8) is 0 Å². The van der Waals surface area contributed by atoms with Crippen molar-refractivity contribution in [3.05, 3.63) is 46.5 Å². The largest absolute Gasteiger partial charge is 0.336 e. The average molecular weight is 306 g/mol. The van der Waals surface area contributed by atoms with Crippen LogP contribution in [0, 0.1) is 22.7 Å². The molecule has 0 fully saturated rings. The van der Waals surface area contributed by atoms with Gasteiger partial charge in [-0.05, 0) is 42.9 Å². The van der Waals surface area contributed by atoms with Crippen molar-refractivity contribution >= 4 is 16.5 Å². The third kappa shape index (κ3) is 3.00. The highest BCUT2D eigenvalue weighted by molar-refractivity contribution is 7.14. The minimum Gasteiger partial charge on any atom is -0.336 e. The van der Waals surface area contributed by atoms with Gasteiger partial charge in [-0.3, -0.25) is 0 Å². The van der Waals surface area contributed by atoms with Crippen molar-refractivity contribution in [2.45, 2.75) is 25.7 Å². The number of aromatic nitrogens is 1. The summed E-state index contributed by atoms with van der Waals surface area (Å²) in [6, 6.07) is 10.2. The maximum absolute atomic E-state index is 8.70. The number of fused-ring (bicyclic) bond motifs is 1. The second-order valence-electron chi connectivity index (χ2n) is 5.15. The van der Waals surface area contributed by atoms with Gasteiger partial charge >= 0.3 is 0 Å². The Bertz CT molecular complexity index is 789. The Kier molecular flexibility index (Phi) is 4.18. The third-order valence-corrected chi connectivity index (χ3v) is 4.50. The lowest BCUT2D eigenvalue weighted by Crippen LogP contribution is -2.02. The second kappa shape index (κ2) is 6.43. The number of thiazole rings is 1. The lowest BCUT2D eigenvalue weighted by molar-refractivity contribution is 0.686. The molecule has 0 unspecified atom stereocenters. The van der Waals surface area contributed by atoms with E-state index < -0.39 is 0 Å². The number of benzene rings is 1. The van der Waals surface area contributed by atoms with Gasteiger partial charge in [0.05, 0.1) is 5.69 Å². The van der Waals surface area contributed by atoms with Crippen LogP contribution in [0.3, 0.4) is 0 Å². The van der Waals surface area contributed by atoms with Crippen molar-refractivity contribution < 1.29 is 0 Å². The van der Waals surface area contributed by atoms with Gasteiger partial charge in [-0.25, -0.2) is 4.98 Å². The Hall–Kier alpha value is -2.63. The van der Waals surface area contributed by atoms with Gasteiger partial charge < -0.3 is 5.32 Å². The van der Waals surface area contributed by atoms with E-state index in [1.807, 2.05) is 17.5 Å². The fourth-order valence-corrected chi connectivity index (χ4v) is 3.28. The molecule has 0 atom stereocenters. The minimum atomic E-state index is 0.0329. The molecule has 1 aromatic heterocycles. The summed E-state index contributed by atoms with van der Waals surface area (Å²) in [5.41, 5.74) is 4.96. The molecule has 0 saturated heterocycles. The van der Waals surface area contributed by atoms with Gasteiger partial charge in [-0.2, -0.15) is 10.5 Å². The van der Waals surface area contributed by atoms with Crippen LogP contribution in [0.2, 0.25) is 0 Å². The molecule has 22 heavy (non-hydrogen) atoms. The van der Waals surface area contributed by atoms with Crippen molar-refractivity contribution in [2.24, 2.45) is 0 Å². The summed E-state index contributed by atoms with van der Waals surface area (Å²) < 4.78 is 0. The number of hydrogen-bond acceptors (Lipinski definition) is 5. The van der Waals surface area contributed by atoms with E-state index in [9.17, 15) is 0 Å². The van der Waals surface area contributed by atoms with Crippen molar-refractivity contribution in [1.29, 1.82) is 10.5 Å². The molecular formula is C17H14N4S. The summed E-state index contributed by atoms with van der Waals surface area (Å²) in [7, 11) is 0. The number of allylic oxidation sites excluding steroid dienone is 1. The van der Waals surface area contributed by atoms with Crippen LogP contribution in [0.5, 0.6) is 0 Å². The number of nitrogens with one attached hydrogen (secondary N) is 1. The number of aryl methyl sites for hydroxylation is 2. The SMILES string of the molecule is N#CC(C#N)=CNc1nc(-c2ccc3c(c2)CCCC3)cs1. The first-order valence-electron chi connectivity index (χ1n) is 7.15. The van der Waals surface area contributed by atoms with E-state index in [-0.39, 0.29) is 5.57 Å². The van der Waals surface area contributed by atoms with Gasteiger partial charge in [0, 0.05) is 17.1 Å². The number of hydrogen-bond donors (Lipinski definition) is 1. The standard InChI is InChI=1S/C17H14N4S/c18-8-12(9-19)10-20-17-21-16(11-22-17)15-6-5-13-3-1-2-4-14(13)7-15/h5-7,10-11H,1-4H2,(H,20,21). The van der Waals surface area contributed by atoms with Crippen molar-refractivity contribution in [3.8, 4) is 23.4 Å². The highest BCUT2D eigenvalue weighted by Crippen LogP contribution is 2.29. The molecule has 0 aliphatic heterocycles. The van der Waals surface area contributed by atoms with Gasteiger partial charge in [0.2, 0.25) is 0 Å². The zero-order valence-corrected chi connectivity index (χ0v) is 12.8. The lowest BCUT2D eigenvalue weighted by Gasteiger charge is -2.15. The first-order valence-corrected chi connectivity index (χ1v) is 8.03. The molecule has 3 rings (SSSR count). The van der Waals surface area contributed by atoms with Gasteiger partial charge in [0.25, 0.3) is 0 Å². The van der Waals surface area contributed by atoms with Crippen LogP contribution in [-0.2, 0) is 12.8 Å². The molecule has 1 aliphatic carbocycles. The molecule has 0 saturated carbocycles. The van der Waals surface area contributed by atoms with E-state index in [4.69, 9.17) is 10.5 Å². The molecule has 108 valence electrons. The van der Waals surface area contributed by atoms with Gasteiger partial charge in [-0.15, -0.1) is 11.3 Å².